The van der Waals surface area contributed by atoms with Gasteiger partial charge in [-0.25, -0.2) is 0 Å². The minimum Gasteiger partial charge on any atom is -0.457 e. The van der Waals surface area contributed by atoms with E-state index in [-0.39, 0.29) is 0 Å². The Labute approximate surface area is 108 Å². The van der Waals surface area contributed by atoms with Crippen LogP contribution in [0.5, 0.6) is 11.5 Å². The fraction of sp³-hybridized carbons (Fsp3) is 0.250. The Morgan fingerprint density at radius 3 is 2.17 bits per heavy atom. The van der Waals surface area contributed by atoms with Crippen molar-refractivity contribution in [2.75, 3.05) is 13.1 Å². The van der Waals surface area contributed by atoms with Crippen molar-refractivity contribution in [3.8, 4) is 11.5 Å². The zero-order valence-electron chi connectivity index (χ0n) is 10.3. The maximum Gasteiger partial charge on any atom is 0.127 e. The van der Waals surface area contributed by atoms with Crippen molar-refractivity contribution in [1.29, 1.82) is 0 Å². The van der Waals surface area contributed by atoms with Crippen molar-refractivity contribution in [1.82, 2.24) is 5.32 Å². The number of para-hydroxylation sites is 1. The van der Waals surface area contributed by atoms with Crippen LogP contribution in [0.25, 0.3) is 0 Å². The molecule has 0 aromatic heterocycles. The Hall–Kier alpha value is -1.80. The molecule has 2 heteroatoms. The molecule has 2 aromatic carbocycles. The van der Waals surface area contributed by atoms with E-state index in [0.717, 1.165) is 30.5 Å². The molecule has 0 unspecified atom stereocenters. The third-order valence-corrected chi connectivity index (χ3v) is 3.29. The summed E-state index contributed by atoms with van der Waals surface area (Å²) in [5, 5.41) is 3.30. The molecule has 1 aliphatic heterocycles. The second-order valence-electron chi connectivity index (χ2n) is 4.79. The highest BCUT2D eigenvalue weighted by Gasteiger charge is 2.16. The second kappa shape index (κ2) is 5.23. The lowest BCUT2D eigenvalue weighted by Crippen LogP contribution is -2.43. The van der Waals surface area contributed by atoms with Crippen molar-refractivity contribution >= 4 is 0 Å². The number of ether oxygens (including phenoxy) is 1. The maximum atomic E-state index is 5.77. The van der Waals surface area contributed by atoms with Gasteiger partial charge >= 0.3 is 0 Å². The van der Waals surface area contributed by atoms with E-state index in [1.54, 1.807) is 0 Å². The maximum absolute atomic E-state index is 5.77. The molecule has 0 spiro atoms. The second-order valence-corrected chi connectivity index (χ2v) is 4.79. The van der Waals surface area contributed by atoms with E-state index in [9.17, 15) is 0 Å². The van der Waals surface area contributed by atoms with E-state index in [2.05, 4.69) is 29.6 Å². The first-order valence-corrected chi connectivity index (χ1v) is 6.43. The summed E-state index contributed by atoms with van der Waals surface area (Å²) in [4.78, 5) is 0. The normalized spacial score (nSPS) is 15.1. The molecule has 2 aromatic rings. The average molecular weight is 239 g/mol. The molecule has 1 aliphatic rings. The molecule has 0 amide bonds. The molecule has 3 rings (SSSR count). The average Bonchev–Trinajstić information content (AvgIpc) is 2.37. The summed E-state index contributed by atoms with van der Waals surface area (Å²) in [6.07, 6.45) is 1.17. The lowest BCUT2D eigenvalue weighted by atomic mass is 9.94. The fourth-order valence-corrected chi connectivity index (χ4v) is 2.14. The summed E-state index contributed by atoms with van der Waals surface area (Å²) in [6.45, 7) is 2.31. The van der Waals surface area contributed by atoms with Gasteiger partial charge in [-0.1, -0.05) is 30.3 Å². The van der Waals surface area contributed by atoms with Crippen LogP contribution in [0.4, 0.5) is 0 Å². The number of hydrogen-bond donors (Lipinski definition) is 1. The number of hydrogen-bond acceptors (Lipinski definition) is 2. The van der Waals surface area contributed by atoms with Crippen molar-refractivity contribution in [3.63, 3.8) is 0 Å². The van der Waals surface area contributed by atoms with Gasteiger partial charge in [0.05, 0.1) is 0 Å². The van der Waals surface area contributed by atoms with Crippen LogP contribution in [0.1, 0.15) is 5.56 Å². The van der Waals surface area contributed by atoms with Crippen LogP contribution in [0.15, 0.2) is 54.6 Å². The topological polar surface area (TPSA) is 21.3 Å². The zero-order valence-corrected chi connectivity index (χ0v) is 10.3. The van der Waals surface area contributed by atoms with Gasteiger partial charge in [0.1, 0.15) is 11.5 Å². The third-order valence-electron chi connectivity index (χ3n) is 3.29. The van der Waals surface area contributed by atoms with Crippen LogP contribution in [-0.2, 0) is 6.42 Å². The van der Waals surface area contributed by atoms with Gasteiger partial charge in [0.25, 0.3) is 0 Å². The minimum absolute atomic E-state index is 0.811. The molecule has 92 valence electrons. The van der Waals surface area contributed by atoms with Crippen molar-refractivity contribution in [3.05, 3.63) is 60.2 Å². The standard InChI is InChI=1S/C16H17NO/c1-2-4-15(5-3-1)18-16-8-6-13(7-9-16)10-14-11-17-12-14/h1-9,14,17H,10-12H2. The molecule has 0 saturated carbocycles. The zero-order chi connectivity index (χ0) is 12.2. The predicted octanol–water partition coefficient (Wildman–Crippen LogP) is 3.24. The van der Waals surface area contributed by atoms with Gasteiger partial charge in [0.15, 0.2) is 0 Å². The van der Waals surface area contributed by atoms with Crippen LogP contribution in [0.3, 0.4) is 0 Å². The van der Waals surface area contributed by atoms with Crippen molar-refractivity contribution in [2.24, 2.45) is 5.92 Å². The Balaban J connectivity index is 1.63. The molecule has 1 N–H and O–H groups in total. The van der Waals surface area contributed by atoms with Crippen LogP contribution >= 0.6 is 0 Å². The third kappa shape index (κ3) is 2.71. The SMILES string of the molecule is c1ccc(Oc2ccc(CC3CNC3)cc2)cc1. The van der Waals surface area contributed by atoms with Gasteiger partial charge in [-0.05, 0) is 55.3 Å². The van der Waals surface area contributed by atoms with Gasteiger partial charge in [-0.3, -0.25) is 0 Å². The first-order valence-electron chi connectivity index (χ1n) is 6.43. The number of nitrogens with one attached hydrogen (secondary N) is 1. The van der Waals surface area contributed by atoms with Gasteiger partial charge in [-0.2, -0.15) is 0 Å². The summed E-state index contributed by atoms with van der Waals surface area (Å²) in [7, 11) is 0. The Morgan fingerprint density at radius 2 is 1.56 bits per heavy atom. The van der Waals surface area contributed by atoms with Crippen LogP contribution in [-0.4, -0.2) is 13.1 Å². The quantitative estimate of drug-likeness (QED) is 0.884. The highest BCUT2D eigenvalue weighted by Crippen LogP contribution is 2.22. The summed E-state index contributed by atoms with van der Waals surface area (Å²) < 4.78 is 5.77. The van der Waals surface area contributed by atoms with Crippen LogP contribution < -0.4 is 10.1 Å². The van der Waals surface area contributed by atoms with Crippen molar-refractivity contribution in [2.45, 2.75) is 6.42 Å². The molecular formula is C16H17NO. The first kappa shape index (κ1) is 11.3. The number of rotatable bonds is 4. The molecule has 0 bridgehead atoms. The molecule has 0 atom stereocenters. The molecule has 1 fully saturated rings. The Morgan fingerprint density at radius 1 is 0.889 bits per heavy atom. The highest BCUT2D eigenvalue weighted by molar-refractivity contribution is 5.33. The predicted molar refractivity (Wildman–Crippen MR) is 73.0 cm³/mol. The largest absolute Gasteiger partial charge is 0.457 e. The molecule has 1 heterocycles. The first-order chi connectivity index (χ1) is 8.90. The summed E-state index contributed by atoms with van der Waals surface area (Å²) in [6, 6.07) is 18.3. The van der Waals surface area contributed by atoms with E-state index in [0.29, 0.717) is 0 Å². The van der Waals surface area contributed by atoms with Gasteiger partial charge in [0.2, 0.25) is 0 Å². The van der Waals surface area contributed by atoms with Gasteiger partial charge in [0, 0.05) is 0 Å². The highest BCUT2D eigenvalue weighted by atomic mass is 16.5. The smallest absolute Gasteiger partial charge is 0.127 e. The van der Waals surface area contributed by atoms with Gasteiger partial charge in [-0.15, -0.1) is 0 Å². The fourth-order valence-electron chi connectivity index (χ4n) is 2.14. The minimum atomic E-state index is 0.811. The monoisotopic (exact) mass is 239 g/mol. The lowest BCUT2D eigenvalue weighted by Gasteiger charge is -2.27. The molecule has 2 nitrogen and oxygen atoms in total. The molecule has 0 aliphatic carbocycles. The lowest BCUT2D eigenvalue weighted by molar-refractivity contribution is 0.346. The van der Waals surface area contributed by atoms with E-state index in [4.69, 9.17) is 4.74 Å². The summed E-state index contributed by atoms with van der Waals surface area (Å²) in [5.74, 6) is 2.59. The van der Waals surface area contributed by atoms with E-state index in [1.165, 1.54) is 12.0 Å². The molecular weight excluding hydrogens is 222 g/mol. The van der Waals surface area contributed by atoms with E-state index < -0.39 is 0 Å². The van der Waals surface area contributed by atoms with E-state index >= 15 is 0 Å². The van der Waals surface area contributed by atoms with Crippen molar-refractivity contribution < 1.29 is 4.74 Å². The molecule has 1 saturated heterocycles. The van der Waals surface area contributed by atoms with Crippen LogP contribution in [0.2, 0.25) is 0 Å². The van der Waals surface area contributed by atoms with Gasteiger partial charge < -0.3 is 10.1 Å². The number of benzene rings is 2. The molecule has 0 radical (unpaired) electrons. The van der Waals surface area contributed by atoms with Crippen LogP contribution in [0, 0.1) is 5.92 Å². The summed E-state index contributed by atoms with van der Waals surface area (Å²) >= 11 is 0. The molecule has 18 heavy (non-hydrogen) atoms. The Kier molecular flexibility index (Phi) is 3.29. The van der Waals surface area contributed by atoms with E-state index in [1.807, 2.05) is 30.3 Å². The Bertz CT molecular complexity index is 488. The summed E-state index contributed by atoms with van der Waals surface area (Å²) in [5.41, 5.74) is 1.39.